The van der Waals surface area contributed by atoms with Crippen LogP contribution in [0, 0.1) is 6.92 Å². The molecule has 1 aromatic heterocycles. The van der Waals surface area contributed by atoms with Gasteiger partial charge in [-0.1, -0.05) is 53.2 Å². The molecule has 0 unspecified atom stereocenters. The lowest BCUT2D eigenvalue weighted by Gasteiger charge is -2.11. The van der Waals surface area contributed by atoms with Gasteiger partial charge in [0.25, 0.3) is 6.01 Å². The van der Waals surface area contributed by atoms with Crippen LogP contribution < -0.4 is 5.32 Å². The van der Waals surface area contributed by atoms with Gasteiger partial charge in [-0.05, 0) is 42.8 Å². The van der Waals surface area contributed by atoms with Crippen molar-refractivity contribution < 1.29 is 9.62 Å². The third-order valence-corrected chi connectivity index (χ3v) is 4.58. The highest BCUT2D eigenvalue weighted by molar-refractivity contribution is 6.35. The minimum atomic E-state index is 0.384. The number of oxime groups is 1. The number of para-hydroxylation sites is 2. The Labute approximate surface area is 160 Å². The number of rotatable bonds is 4. The fraction of sp³-hybridized carbons (Fsp3) is 0.0476. The van der Waals surface area contributed by atoms with Crippen molar-refractivity contribution >= 4 is 40.1 Å². The molecule has 0 amide bonds. The van der Waals surface area contributed by atoms with Crippen molar-refractivity contribution in [2.24, 2.45) is 5.16 Å². The summed E-state index contributed by atoms with van der Waals surface area (Å²) >= 11 is 6.47. The fourth-order valence-electron chi connectivity index (χ4n) is 2.93. The standard InChI is InChI=1S/C21H16ClN3O2/c1-13-6-2-3-7-15(13)20(25-26)16-11-10-14(12-17(16)22)23-21-24-18-8-4-5-9-19(18)27-21/h2-12,26H,1H3,(H,23,24). The average Bonchev–Trinajstić information content (AvgIpc) is 3.07. The van der Waals surface area contributed by atoms with E-state index in [9.17, 15) is 5.21 Å². The second-order valence-corrected chi connectivity index (χ2v) is 6.48. The maximum Gasteiger partial charge on any atom is 0.300 e. The zero-order chi connectivity index (χ0) is 18.8. The van der Waals surface area contributed by atoms with E-state index in [0.29, 0.717) is 27.9 Å². The van der Waals surface area contributed by atoms with E-state index in [2.05, 4.69) is 15.5 Å². The topological polar surface area (TPSA) is 70.7 Å². The van der Waals surface area contributed by atoms with Gasteiger partial charge in [0.1, 0.15) is 11.2 Å². The van der Waals surface area contributed by atoms with Crippen molar-refractivity contribution in [1.82, 2.24) is 4.98 Å². The fourth-order valence-corrected chi connectivity index (χ4v) is 3.20. The molecule has 0 fully saturated rings. The molecule has 134 valence electrons. The third-order valence-electron chi connectivity index (χ3n) is 4.27. The van der Waals surface area contributed by atoms with Crippen LogP contribution in [0.5, 0.6) is 0 Å². The van der Waals surface area contributed by atoms with Gasteiger partial charge in [0.2, 0.25) is 0 Å². The number of nitrogens with zero attached hydrogens (tertiary/aromatic N) is 2. The summed E-state index contributed by atoms with van der Waals surface area (Å²) in [4.78, 5) is 4.39. The molecule has 0 aliphatic carbocycles. The smallest absolute Gasteiger partial charge is 0.300 e. The summed E-state index contributed by atoms with van der Waals surface area (Å²) in [5.41, 5.74) is 5.08. The largest absolute Gasteiger partial charge is 0.423 e. The summed E-state index contributed by atoms with van der Waals surface area (Å²) in [5.74, 6) is 0. The third kappa shape index (κ3) is 3.37. The van der Waals surface area contributed by atoms with E-state index in [1.807, 2.05) is 61.5 Å². The summed E-state index contributed by atoms with van der Waals surface area (Å²) in [7, 11) is 0. The molecule has 0 saturated heterocycles. The van der Waals surface area contributed by atoms with E-state index < -0.39 is 0 Å². The Morgan fingerprint density at radius 3 is 2.56 bits per heavy atom. The van der Waals surface area contributed by atoms with Crippen molar-refractivity contribution in [3.63, 3.8) is 0 Å². The highest BCUT2D eigenvalue weighted by Crippen LogP contribution is 2.28. The SMILES string of the molecule is Cc1ccccc1C(=NO)c1ccc(Nc2nc3ccccc3o2)cc1Cl. The van der Waals surface area contributed by atoms with Crippen LogP contribution in [0.2, 0.25) is 5.02 Å². The molecule has 5 nitrogen and oxygen atoms in total. The van der Waals surface area contributed by atoms with Crippen LogP contribution in [0.3, 0.4) is 0 Å². The minimum absolute atomic E-state index is 0.384. The Hall–Kier alpha value is -3.31. The number of benzene rings is 3. The Morgan fingerprint density at radius 1 is 1.04 bits per heavy atom. The average molecular weight is 378 g/mol. The van der Waals surface area contributed by atoms with E-state index >= 15 is 0 Å². The van der Waals surface area contributed by atoms with Crippen LogP contribution in [-0.4, -0.2) is 15.9 Å². The number of fused-ring (bicyclic) bond motifs is 1. The van der Waals surface area contributed by atoms with Crippen LogP contribution in [0.15, 0.2) is 76.3 Å². The number of nitrogens with one attached hydrogen (secondary N) is 1. The predicted molar refractivity (Wildman–Crippen MR) is 107 cm³/mol. The molecule has 4 rings (SSSR count). The van der Waals surface area contributed by atoms with Gasteiger partial charge in [0.05, 0.1) is 5.02 Å². The van der Waals surface area contributed by atoms with Crippen molar-refractivity contribution in [2.45, 2.75) is 6.92 Å². The number of hydrogen-bond acceptors (Lipinski definition) is 5. The van der Waals surface area contributed by atoms with Gasteiger partial charge < -0.3 is 14.9 Å². The quantitative estimate of drug-likeness (QED) is 0.269. The normalized spacial score (nSPS) is 11.7. The molecule has 0 bridgehead atoms. The second kappa shape index (κ2) is 7.13. The Balaban J connectivity index is 1.65. The van der Waals surface area contributed by atoms with Crippen molar-refractivity contribution in [1.29, 1.82) is 0 Å². The molecule has 4 aromatic rings. The molecule has 0 aliphatic heterocycles. The molecular weight excluding hydrogens is 362 g/mol. The minimum Gasteiger partial charge on any atom is -0.423 e. The summed E-state index contributed by atoms with van der Waals surface area (Å²) in [6, 6.07) is 21.0. The van der Waals surface area contributed by atoms with Gasteiger partial charge in [-0.15, -0.1) is 0 Å². The Kier molecular flexibility index (Phi) is 4.52. The molecule has 0 radical (unpaired) electrons. The maximum atomic E-state index is 9.56. The van der Waals surface area contributed by atoms with E-state index in [0.717, 1.165) is 22.3 Å². The van der Waals surface area contributed by atoms with Crippen LogP contribution in [-0.2, 0) is 0 Å². The molecule has 1 heterocycles. The first kappa shape index (κ1) is 17.1. The first-order valence-electron chi connectivity index (χ1n) is 8.36. The Morgan fingerprint density at radius 2 is 1.81 bits per heavy atom. The number of anilines is 2. The summed E-state index contributed by atoms with van der Waals surface area (Å²) in [6.07, 6.45) is 0. The van der Waals surface area contributed by atoms with Crippen LogP contribution in [0.1, 0.15) is 16.7 Å². The number of halogens is 1. The number of hydrogen-bond donors (Lipinski definition) is 2. The van der Waals surface area contributed by atoms with Gasteiger partial charge in [0, 0.05) is 16.8 Å². The molecule has 0 spiro atoms. The summed E-state index contributed by atoms with van der Waals surface area (Å²) < 4.78 is 5.67. The van der Waals surface area contributed by atoms with Gasteiger partial charge in [-0.2, -0.15) is 4.98 Å². The highest BCUT2D eigenvalue weighted by atomic mass is 35.5. The molecule has 0 saturated carbocycles. The van der Waals surface area contributed by atoms with Crippen molar-refractivity contribution in [2.75, 3.05) is 5.32 Å². The molecule has 27 heavy (non-hydrogen) atoms. The maximum absolute atomic E-state index is 9.56. The molecule has 0 atom stereocenters. The first-order chi connectivity index (χ1) is 13.2. The van der Waals surface area contributed by atoms with Crippen molar-refractivity contribution in [3.8, 4) is 0 Å². The van der Waals surface area contributed by atoms with E-state index in [1.165, 1.54) is 0 Å². The van der Waals surface area contributed by atoms with E-state index in [-0.39, 0.29) is 0 Å². The van der Waals surface area contributed by atoms with Crippen LogP contribution >= 0.6 is 11.6 Å². The zero-order valence-corrected chi connectivity index (χ0v) is 15.2. The van der Waals surface area contributed by atoms with E-state index in [1.54, 1.807) is 12.1 Å². The number of aromatic nitrogens is 1. The predicted octanol–water partition coefficient (Wildman–Crippen LogP) is 5.76. The highest BCUT2D eigenvalue weighted by Gasteiger charge is 2.15. The summed E-state index contributed by atoms with van der Waals surface area (Å²) in [6.45, 7) is 1.96. The van der Waals surface area contributed by atoms with Gasteiger partial charge in [-0.3, -0.25) is 0 Å². The second-order valence-electron chi connectivity index (χ2n) is 6.07. The molecule has 6 heteroatoms. The van der Waals surface area contributed by atoms with E-state index in [4.69, 9.17) is 16.0 Å². The van der Waals surface area contributed by atoms with Crippen LogP contribution in [0.25, 0.3) is 11.1 Å². The molecule has 3 aromatic carbocycles. The Bertz CT molecular complexity index is 1120. The number of aryl methyl sites for hydroxylation is 1. The van der Waals surface area contributed by atoms with Gasteiger partial charge in [0.15, 0.2) is 5.58 Å². The molecule has 0 aliphatic rings. The number of oxazole rings is 1. The van der Waals surface area contributed by atoms with Gasteiger partial charge in [-0.25, -0.2) is 0 Å². The lowest BCUT2D eigenvalue weighted by Crippen LogP contribution is -2.06. The van der Waals surface area contributed by atoms with Crippen molar-refractivity contribution in [3.05, 3.63) is 88.4 Å². The molecule has 2 N–H and O–H groups in total. The molecular formula is C21H16ClN3O2. The first-order valence-corrected chi connectivity index (χ1v) is 8.74. The lowest BCUT2D eigenvalue weighted by atomic mass is 9.98. The zero-order valence-electron chi connectivity index (χ0n) is 14.5. The lowest BCUT2D eigenvalue weighted by molar-refractivity contribution is 0.319. The van der Waals surface area contributed by atoms with Crippen LogP contribution in [0.4, 0.5) is 11.7 Å². The monoisotopic (exact) mass is 377 g/mol. The summed E-state index contributed by atoms with van der Waals surface area (Å²) in [5, 5.41) is 16.6. The van der Waals surface area contributed by atoms with Gasteiger partial charge >= 0.3 is 0 Å².